The van der Waals surface area contributed by atoms with E-state index in [1.54, 1.807) is 16.4 Å². The molecule has 0 saturated carbocycles. The van der Waals surface area contributed by atoms with Crippen LogP contribution in [-0.4, -0.2) is 26.0 Å². The lowest BCUT2D eigenvalue weighted by Crippen LogP contribution is -1.99. The van der Waals surface area contributed by atoms with Crippen LogP contribution >= 0.6 is 11.8 Å². The van der Waals surface area contributed by atoms with Crippen molar-refractivity contribution in [1.29, 1.82) is 0 Å². The molecule has 0 radical (unpaired) electrons. The minimum Gasteiger partial charge on any atom is -0.220 e. The number of rotatable bonds is 3. The summed E-state index contributed by atoms with van der Waals surface area (Å²) >= 11 is 1.80. The summed E-state index contributed by atoms with van der Waals surface area (Å²) in [5.41, 5.74) is 0. The summed E-state index contributed by atoms with van der Waals surface area (Å²) in [6, 6.07) is 0. The number of hydrogen-bond donors (Lipinski definition) is 0. The van der Waals surface area contributed by atoms with E-state index in [2.05, 4.69) is 22.4 Å². The Morgan fingerprint density at radius 3 is 2.90 bits per heavy atom. The normalized spacial score (nSPS) is 10.2. The summed E-state index contributed by atoms with van der Waals surface area (Å²) in [5, 5.41) is 11.1. The molecule has 0 aliphatic carbocycles. The van der Waals surface area contributed by atoms with E-state index < -0.39 is 0 Å². The SMILES string of the molecule is CCSCn1nnnc1C. The zero-order chi connectivity index (χ0) is 7.40. The molecule has 0 N–H and O–H groups in total. The Labute approximate surface area is 64.0 Å². The Morgan fingerprint density at radius 2 is 2.40 bits per heavy atom. The van der Waals surface area contributed by atoms with Gasteiger partial charge < -0.3 is 0 Å². The lowest BCUT2D eigenvalue weighted by atomic mass is 10.7. The van der Waals surface area contributed by atoms with Crippen molar-refractivity contribution in [2.24, 2.45) is 0 Å². The lowest BCUT2D eigenvalue weighted by Gasteiger charge is -1.97. The van der Waals surface area contributed by atoms with Gasteiger partial charge in [0.05, 0.1) is 5.88 Å². The molecule has 0 amide bonds. The first-order chi connectivity index (χ1) is 4.84. The molecule has 0 aromatic carbocycles. The van der Waals surface area contributed by atoms with Gasteiger partial charge in [-0.25, -0.2) is 4.68 Å². The minimum absolute atomic E-state index is 0.856. The van der Waals surface area contributed by atoms with E-state index in [1.807, 2.05) is 6.92 Å². The fraction of sp³-hybridized carbons (Fsp3) is 0.800. The van der Waals surface area contributed by atoms with Crippen molar-refractivity contribution >= 4 is 11.8 Å². The highest BCUT2D eigenvalue weighted by Crippen LogP contribution is 2.02. The average Bonchev–Trinajstić information content (AvgIpc) is 2.31. The van der Waals surface area contributed by atoms with Crippen molar-refractivity contribution < 1.29 is 0 Å². The number of aromatic nitrogens is 4. The van der Waals surface area contributed by atoms with Crippen molar-refractivity contribution in [3.05, 3.63) is 5.82 Å². The van der Waals surface area contributed by atoms with Crippen LogP contribution in [-0.2, 0) is 5.88 Å². The summed E-state index contributed by atoms with van der Waals surface area (Å²) in [6.07, 6.45) is 0. The molecule has 1 aromatic heterocycles. The number of tetrazole rings is 1. The van der Waals surface area contributed by atoms with Crippen LogP contribution in [0.5, 0.6) is 0 Å². The number of nitrogens with zero attached hydrogens (tertiary/aromatic N) is 4. The van der Waals surface area contributed by atoms with Crippen LogP contribution in [0.4, 0.5) is 0 Å². The quantitative estimate of drug-likeness (QED) is 0.649. The number of hydrogen-bond acceptors (Lipinski definition) is 4. The highest BCUT2D eigenvalue weighted by Gasteiger charge is 1.96. The second-order valence-corrected chi connectivity index (χ2v) is 3.09. The van der Waals surface area contributed by atoms with Crippen LogP contribution in [0.2, 0.25) is 0 Å². The van der Waals surface area contributed by atoms with E-state index in [9.17, 15) is 0 Å². The molecule has 4 nitrogen and oxygen atoms in total. The zero-order valence-electron chi connectivity index (χ0n) is 6.11. The van der Waals surface area contributed by atoms with E-state index in [-0.39, 0.29) is 0 Å². The predicted octanol–water partition coefficient (Wildman–Crippen LogP) is 0.692. The standard InChI is InChI=1S/C5H10N4S/c1-3-10-4-9-5(2)6-7-8-9/h3-4H2,1-2H3. The molecular formula is C5H10N4S. The highest BCUT2D eigenvalue weighted by molar-refractivity contribution is 7.98. The molecule has 0 aliphatic rings. The zero-order valence-corrected chi connectivity index (χ0v) is 6.93. The molecule has 0 saturated heterocycles. The smallest absolute Gasteiger partial charge is 0.149 e. The maximum atomic E-state index is 3.79. The maximum absolute atomic E-state index is 3.79. The molecule has 56 valence electrons. The Morgan fingerprint density at radius 1 is 1.60 bits per heavy atom. The average molecular weight is 158 g/mol. The molecule has 10 heavy (non-hydrogen) atoms. The molecule has 0 aliphatic heterocycles. The molecule has 0 bridgehead atoms. The fourth-order valence-corrected chi connectivity index (χ4v) is 1.14. The van der Waals surface area contributed by atoms with Gasteiger partial charge in [-0.3, -0.25) is 0 Å². The Bertz CT molecular complexity index is 197. The van der Waals surface area contributed by atoms with Crippen molar-refractivity contribution in [2.75, 3.05) is 5.75 Å². The fourth-order valence-electron chi connectivity index (χ4n) is 0.546. The van der Waals surface area contributed by atoms with Gasteiger partial charge >= 0.3 is 0 Å². The molecule has 0 fully saturated rings. The number of thioether (sulfide) groups is 1. The van der Waals surface area contributed by atoms with Crippen LogP contribution in [0.15, 0.2) is 0 Å². The Hall–Kier alpha value is -0.580. The molecule has 0 atom stereocenters. The first-order valence-corrected chi connectivity index (χ1v) is 4.30. The van der Waals surface area contributed by atoms with E-state index >= 15 is 0 Å². The van der Waals surface area contributed by atoms with Crippen LogP contribution in [0, 0.1) is 6.92 Å². The molecular weight excluding hydrogens is 148 g/mol. The van der Waals surface area contributed by atoms with Crippen molar-refractivity contribution in [1.82, 2.24) is 20.2 Å². The first-order valence-electron chi connectivity index (χ1n) is 3.15. The lowest BCUT2D eigenvalue weighted by molar-refractivity contribution is 0.683. The van der Waals surface area contributed by atoms with Crippen molar-refractivity contribution in [2.45, 2.75) is 19.7 Å². The third-order valence-electron chi connectivity index (χ3n) is 1.13. The maximum Gasteiger partial charge on any atom is 0.149 e. The van der Waals surface area contributed by atoms with Crippen LogP contribution in [0.1, 0.15) is 12.7 Å². The third-order valence-corrected chi connectivity index (χ3v) is 1.96. The van der Waals surface area contributed by atoms with E-state index in [0.29, 0.717) is 0 Å². The van der Waals surface area contributed by atoms with Gasteiger partial charge in [0.15, 0.2) is 0 Å². The third kappa shape index (κ3) is 1.70. The van der Waals surface area contributed by atoms with Crippen LogP contribution in [0.25, 0.3) is 0 Å². The summed E-state index contributed by atoms with van der Waals surface area (Å²) in [5.74, 6) is 2.83. The summed E-state index contributed by atoms with van der Waals surface area (Å²) in [4.78, 5) is 0. The van der Waals surface area contributed by atoms with Gasteiger partial charge in [-0.1, -0.05) is 6.92 Å². The van der Waals surface area contributed by atoms with E-state index in [4.69, 9.17) is 0 Å². The summed E-state index contributed by atoms with van der Waals surface area (Å²) in [7, 11) is 0. The molecule has 0 unspecified atom stereocenters. The van der Waals surface area contributed by atoms with Gasteiger partial charge in [0.1, 0.15) is 5.82 Å². The second kappa shape index (κ2) is 3.55. The Balaban J connectivity index is 2.49. The predicted molar refractivity (Wildman–Crippen MR) is 40.7 cm³/mol. The van der Waals surface area contributed by atoms with E-state index in [1.165, 1.54) is 0 Å². The van der Waals surface area contributed by atoms with Gasteiger partial charge in [-0.15, -0.1) is 16.9 Å². The molecule has 1 heterocycles. The minimum atomic E-state index is 0.856. The van der Waals surface area contributed by atoms with Crippen molar-refractivity contribution in [3.8, 4) is 0 Å². The van der Waals surface area contributed by atoms with Gasteiger partial charge in [0, 0.05) is 0 Å². The van der Waals surface area contributed by atoms with Crippen LogP contribution < -0.4 is 0 Å². The summed E-state index contributed by atoms with van der Waals surface area (Å²) < 4.78 is 1.79. The van der Waals surface area contributed by atoms with E-state index in [0.717, 1.165) is 17.5 Å². The first kappa shape index (κ1) is 7.53. The molecule has 1 aromatic rings. The second-order valence-electron chi connectivity index (χ2n) is 1.85. The highest BCUT2D eigenvalue weighted by atomic mass is 32.2. The van der Waals surface area contributed by atoms with Gasteiger partial charge in [0.25, 0.3) is 0 Å². The monoisotopic (exact) mass is 158 g/mol. The van der Waals surface area contributed by atoms with Crippen molar-refractivity contribution in [3.63, 3.8) is 0 Å². The number of aryl methyl sites for hydroxylation is 1. The van der Waals surface area contributed by atoms with Crippen LogP contribution in [0.3, 0.4) is 0 Å². The molecule has 5 heteroatoms. The topological polar surface area (TPSA) is 43.6 Å². The molecule has 0 spiro atoms. The largest absolute Gasteiger partial charge is 0.220 e. The van der Waals surface area contributed by atoms with Gasteiger partial charge in [0.2, 0.25) is 0 Å². The summed E-state index contributed by atoms with van der Waals surface area (Å²) in [6.45, 7) is 4.01. The van der Waals surface area contributed by atoms with Gasteiger partial charge in [-0.2, -0.15) is 0 Å². The Kier molecular flexibility index (Phi) is 2.68. The van der Waals surface area contributed by atoms with Gasteiger partial charge in [-0.05, 0) is 23.1 Å². The molecule has 1 rings (SSSR count).